The molecule has 3 atom stereocenters. The van der Waals surface area contributed by atoms with Gasteiger partial charge in [-0.15, -0.1) is 0 Å². The van der Waals surface area contributed by atoms with Crippen LogP contribution in [0.1, 0.15) is 51.3 Å². The molecule has 1 aliphatic rings. The van der Waals surface area contributed by atoms with Gasteiger partial charge in [-0.25, -0.2) is 0 Å². The van der Waals surface area contributed by atoms with Crippen LogP contribution in [-0.2, 0) is 7.05 Å². The van der Waals surface area contributed by atoms with E-state index in [-0.39, 0.29) is 0 Å². The van der Waals surface area contributed by atoms with E-state index in [0.29, 0.717) is 12.1 Å². The minimum atomic E-state index is 0.401. The number of aryl methyl sites for hydroxylation is 1. The van der Waals surface area contributed by atoms with Crippen molar-refractivity contribution in [2.45, 2.75) is 51.6 Å². The number of aromatic nitrogens is 2. The molecule has 0 amide bonds. The van der Waals surface area contributed by atoms with Crippen LogP contribution in [0.15, 0.2) is 12.3 Å². The van der Waals surface area contributed by atoms with Gasteiger partial charge >= 0.3 is 0 Å². The molecule has 3 nitrogen and oxygen atoms in total. The standard InChI is InChI=1S/C13H23N3/c1-10-6-4-5-7-12(10)15-11(2)13-8-9-14-16(13)3/h8-12,15H,4-7H2,1-3H3. The van der Waals surface area contributed by atoms with Crippen molar-refractivity contribution >= 4 is 0 Å². The van der Waals surface area contributed by atoms with E-state index >= 15 is 0 Å². The Morgan fingerprint density at radius 3 is 2.81 bits per heavy atom. The highest BCUT2D eigenvalue weighted by Gasteiger charge is 2.23. The minimum Gasteiger partial charge on any atom is -0.306 e. The molecule has 1 saturated carbocycles. The summed E-state index contributed by atoms with van der Waals surface area (Å²) >= 11 is 0. The molecule has 0 aliphatic heterocycles. The Kier molecular flexibility index (Phi) is 3.64. The Labute approximate surface area is 98.2 Å². The molecule has 1 aliphatic carbocycles. The lowest BCUT2D eigenvalue weighted by Gasteiger charge is -2.32. The third-order valence-electron chi connectivity index (χ3n) is 3.88. The average Bonchev–Trinajstić information content (AvgIpc) is 2.68. The van der Waals surface area contributed by atoms with Crippen molar-refractivity contribution in [3.05, 3.63) is 18.0 Å². The summed E-state index contributed by atoms with van der Waals surface area (Å²) in [5.41, 5.74) is 1.28. The largest absolute Gasteiger partial charge is 0.306 e. The first-order chi connectivity index (χ1) is 7.68. The van der Waals surface area contributed by atoms with E-state index in [9.17, 15) is 0 Å². The van der Waals surface area contributed by atoms with Crippen molar-refractivity contribution in [2.75, 3.05) is 0 Å². The maximum Gasteiger partial charge on any atom is 0.0547 e. The third kappa shape index (κ3) is 2.46. The van der Waals surface area contributed by atoms with Gasteiger partial charge in [0.1, 0.15) is 0 Å². The molecule has 1 aromatic heterocycles. The molecular formula is C13H23N3. The van der Waals surface area contributed by atoms with E-state index in [1.54, 1.807) is 0 Å². The summed E-state index contributed by atoms with van der Waals surface area (Å²) in [6.45, 7) is 4.60. The first-order valence-electron chi connectivity index (χ1n) is 6.42. The lowest BCUT2D eigenvalue weighted by atomic mass is 9.85. The maximum absolute atomic E-state index is 4.23. The van der Waals surface area contributed by atoms with Gasteiger partial charge in [0, 0.05) is 25.3 Å². The Hall–Kier alpha value is -0.830. The Morgan fingerprint density at radius 2 is 2.19 bits per heavy atom. The summed E-state index contributed by atoms with van der Waals surface area (Å²) in [5.74, 6) is 0.810. The smallest absolute Gasteiger partial charge is 0.0547 e. The quantitative estimate of drug-likeness (QED) is 0.850. The van der Waals surface area contributed by atoms with Gasteiger partial charge in [0.2, 0.25) is 0 Å². The average molecular weight is 221 g/mol. The predicted molar refractivity (Wildman–Crippen MR) is 66.2 cm³/mol. The highest BCUT2D eigenvalue weighted by atomic mass is 15.3. The van der Waals surface area contributed by atoms with E-state index in [4.69, 9.17) is 0 Å². The van der Waals surface area contributed by atoms with Gasteiger partial charge in [0.05, 0.1) is 5.69 Å². The third-order valence-corrected chi connectivity index (χ3v) is 3.88. The lowest BCUT2D eigenvalue weighted by Crippen LogP contribution is -2.39. The van der Waals surface area contributed by atoms with E-state index in [1.165, 1.54) is 31.4 Å². The zero-order chi connectivity index (χ0) is 11.5. The van der Waals surface area contributed by atoms with Gasteiger partial charge < -0.3 is 5.32 Å². The molecule has 90 valence electrons. The van der Waals surface area contributed by atoms with Crippen molar-refractivity contribution in [3.63, 3.8) is 0 Å². The van der Waals surface area contributed by atoms with Gasteiger partial charge in [0.15, 0.2) is 0 Å². The summed E-state index contributed by atoms with van der Waals surface area (Å²) in [7, 11) is 2.01. The van der Waals surface area contributed by atoms with Crippen LogP contribution in [0, 0.1) is 5.92 Å². The number of nitrogens with one attached hydrogen (secondary N) is 1. The molecule has 2 rings (SSSR count). The van der Waals surface area contributed by atoms with Crippen LogP contribution in [0.3, 0.4) is 0 Å². The van der Waals surface area contributed by atoms with Crippen LogP contribution >= 0.6 is 0 Å². The SMILES string of the molecule is CC(NC1CCCCC1C)c1ccnn1C. The van der Waals surface area contributed by atoms with Gasteiger partial charge in [-0.2, -0.15) is 5.10 Å². The van der Waals surface area contributed by atoms with Gasteiger partial charge in [-0.1, -0.05) is 19.8 Å². The number of rotatable bonds is 3. The first-order valence-corrected chi connectivity index (χ1v) is 6.42. The van der Waals surface area contributed by atoms with Crippen molar-refractivity contribution < 1.29 is 0 Å². The highest BCUT2D eigenvalue weighted by Crippen LogP contribution is 2.26. The summed E-state index contributed by atoms with van der Waals surface area (Å²) in [6.07, 6.45) is 7.34. The van der Waals surface area contributed by atoms with Crippen molar-refractivity contribution in [2.24, 2.45) is 13.0 Å². The zero-order valence-corrected chi connectivity index (χ0v) is 10.6. The van der Waals surface area contributed by atoms with E-state index in [0.717, 1.165) is 5.92 Å². The van der Waals surface area contributed by atoms with Crippen molar-refractivity contribution in [1.29, 1.82) is 0 Å². The van der Waals surface area contributed by atoms with E-state index in [2.05, 4.69) is 30.3 Å². The van der Waals surface area contributed by atoms with Gasteiger partial charge in [-0.3, -0.25) is 4.68 Å². The summed E-state index contributed by atoms with van der Waals surface area (Å²) in [6, 6.07) is 3.18. The van der Waals surface area contributed by atoms with Crippen LogP contribution in [0.4, 0.5) is 0 Å². The van der Waals surface area contributed by atoms with Crippen molar-refractivity contribution in [1.82, 2.24) is 15.1 Å². The molecule has 1 aromatic rings. The van der Waals surface area contributed by atoms with E-state index in [1.807, 2.05) is 17.9 Å². The molecule has 3 unspecified atom stereocenters. The molecule has 1 fully saturated rings. The minimum absolute atomic E-state index is 0.401. The second-order valence-corrected chi connectivity index (χ2v) is 5.14. The van der Waals surface area contributed by atoms with Gasteiger partial charge in [0.25, 0.3) is 0 Å². The maximum atomic E-state index is 4.23. The van der Waals surface area contributed by atoms with Gasteiger partial charge in [-0.05, 0) is 31.7 Å². The molecule has 16 heavy (non-hydrogen) atoms. The van der Waals surface area contributed by atoms with Crippen LogP contribution < -0.4 is 5.32 Å². The fourth-order valence-electron chi connectivity index (χ4n) is 2.78. The van der Waals surface area contributed by atoms with Crippen LogP contribution in [0.2, 0.25) is 0 Å². The Morgan fingerprint density at radius 1 is 1.44 bits per heavy atom. The second kappa shape index (κ2) is 5.00. The monoisotopic (exact) mass is 221 g/mol. The zero-order valence-electron chi connectivity index (χ0n) is 10.6. The van der Waals surface area contributed by atoms with Crippen LogP contribution in [0.5, 0.6) is 0 Å². The normalized spacial score (nSPS) is 27.9. The summed E-state index contributed by atoms with van der Waals surface area (Å²) < 4.78 is 1.96. The molecule has 1 heterocycles. The number of hydrogen-bond donors (Lipinski definition) is 1. The fraction of sp³-hybridized carbons (Fsp3) is 0.769. The Bertz CT molecular complexity index is 332. The molecule has 0 spiro atoms. The Balaban J connectivity index is 1.96. The highest BCUT2D eigenvalue weighted by molar-refractivity contribution is 5.06. The first kappa shape index (κ1) is 11.6. The molecule has 0 radical (unpaired) electrons. The van der Waals surface area contributed by atoms with Crippen LogP contribution in [-0.4, -0.2) is 15.8 Å². The molecule has 0 bridgehead atoms. The van der Waals surface area contributed by atoms with E-state index < -0.39 is 0 Å². The molecule has 0 aromatic carbocycles. The molecule has 0 saturated heterocycles. The fourth-order valence-corrected chi connectivity index (χ4v) is 2.78. The molecular weight excluding hydrogens is 198 g/mol. The molecule has 1 N–H and O–H groups in total. The van der Waals surface area contributed by atoms with Crippen LogP contribution in [0.25, 0.3) is 0 Å². The number of nitrogens with zero attached hydrogens (tertiary/aromatic N) is 2. The summed E-state index contributed by atoms with van der Waals surface area (Å²) in [5, 5.41) is 7.98. The predicted octanol–water partition coefficient (Wildman–Crippen LogP) is 2.65. The molecule has 3 heteroatoms. The topological polar surface area (TPSA) is 29.9 Å². The lowest BCUT2D eigenvalue weighted by molar-refractivity contribution is 0.260. The van der Waals surface area contributed by atoms with Crippen molar-refractivity contribution in [3.8, 4) is 0 Å². The summed E-state index contributed by atoms with van der Waals surface area (Å²) in [4.78, 5) is 0. The number of hydrogen-bond acceptors (Lipinski definition) is 2. The second-order valence-electron chi connectivity index (χ2n) is 5.14.